The molecule has 0 aliphatic rings. The molecule has 0 fully saturated rings. The Hall–Kier alpha value is -0.390. The molecule has 0 radical (unpaired) electrons. The summed E-state index contributed by atoms with van der Waals surface area (Å²) >= 11 is 3.27. The van der Waals surface area contributed by atoms with Gasteiger partial charge in [0.2, 0.25) is 6.43 Å². The molecule has 92 valence electrons. The Morgan fingerprint density at radius 2 is 2.06 bits per heavy atom. The van der Waals surface area contributed by atoms with Gasteiger partial charge in [-0.05, 0) is 33.6 Å². The van der Waals surface area contributed by atoms with Crippen LogP contribution < -0.4 is 10.5 Å². The van der Waals surface area contributed by atoms with Crippen LogP contribution in [-0.2, 0) is 0 Å². The number of methoxy groups -OCH3 is 1. The fraction of sp³-hybridized carbons (Fsp3) is 0.400. The molecule has 0 bridgehead atoms. The van der Waals surface area contributed by atoms with Gasteiger partial charge in [0.05, 0.1) is 11.6 Å². The molecule has 0 saturated carbocycles. The molecular formula is C10H13BrClF2NO. The van der Waals surface area contributed by atoms with E-state index in [4.69, 9.17) is 10.5 Å². The van der Waals surface area contributed by atoms with Gasteiger partial charge in [-0.1, -0.05) is 6.07 Å². The molecule has 0 unspecified atom stereocenters. The molecule has 2 nitrogen and oxygen atoms in total. The van der Waals surface area contributed by atoms with Crippen molar-refractivity contribution >= 4 is 28.3 Å². The lowest BCUT2D eigenvalue weighted by Gasteiger charge is -2.13. The van der Waals surface area contributed by atoms with Gasteiger partial charge in [-0.2, -0.15) is 0 Å². The van der Waals surface area contributed by atoms with Crippen LogP contribution in [0.15, 0.2) is 22.7 Å². The van der Waals surface area contributed by atoms with E-state index in [0.717, 1.165) is 0 Å². The van der Waals surface area contributed by atoms with Crippen LogP contribution in [0.2, 0.25) is 0 Å². The monoisotopic (exact) mass is 315 g/mol. The standard InChI is InChI=1S/C10H12BrF2NO.ClH/c1-15-9-3-2-6(4-7(9)11)8(14)5-10(12)13;/h2-4,8,10H,5,14H2,1H3;1H/t8-;/m1./s1. The minimum absolute atomic E-state index is 0. The summed E-state index contributed by atoms with van der Waals surface area (Å²) < 4.78 is 29.9. The zero-order chi connectivity index (χ0) is 11.4. The van der Waals surface area contributed by atoms with Gasteiger partial charge in [-0.25, -0.2) is 8.78 Å². The Bertz CT molecular complexity index is 339. The predicted octanol–water partition coefficient (Wildman–Crippen LogP) is 3.53. The molecule has 1 atom stereocenters. The van der Waals surface area contributed by atoms with Gasteiger partial charge in [0, 0.05) is 12.5 Å². The number of alkyl halides is 2. The molecule has 0 spiro atoms. The average Bonchev–Trinajstić information content (AvgIpc) is 2.16. The SMILES string of the molecule is COc1ccc([C@H](N)CC(F)F)cc1Br.Cl. The third kappa shape index (κ3) is 4.23. The Balaban J connectivity index is 0.00000225. The molecule has 0 aliphatic carbocycles. The van der Waals surface area contributed by atoms with Crippen LogP contribution in [0, 0.1) is 0 Å². The zero-order valence-electron chi connectivity index (χ0n) is 8.62. The number of hydrogen-bond acceptors (Lipinski definition) is 2. The van der Waals surface area contributed by atoms with Gasteiger partial charge >= 0.3 is 0 Å². The van der Waals surface area contributed by atoms with E-state index in [-0.39, 0.29) is 18.8 Å². The topological polar surface area (TPSA) is 35.2 Å². The van der Waals surface area contributed by atoms with Crippen LogP contribution in [0.25, 0.3) is 0 Å². The summed E-state index contributed by atoms with van der Waals surface area (Å²) in [5.41, 5.74) is 6.28. The summed E-state index contributed by atoms with van der Waals surface area (Å²) in [7, 11) is 1.54. The largest absolute Gasteiger partial charge is 0.496 e. The van der Waals surface area contributed by atoms with Crippen molar-refractivity contribution in [2.75, 3.05) is 7.11 Å². The minimum atomic E-state index is -2.39. The smallest absolute Gasteiger partial charge is 0.240 e. The van der Waals surface area contributed by atoms with Gasteiger partial charge in [-0.3, -0.25) is 0 Å². The lowest BCUT2D eigenvalue weighted by atomic mass is 10.1. The molecule has 0 aromatic heterocycles. The molecule has 0 saturated heterocycles. The first-order valence-corrected chi connectivity index (χ1v) is 5.21. The fourth-order valence-electron chi connectivity index (χ4n) is 1.24. The first kappa shape index (κ1) is 15.6. The van der Waals surface area contributed by atoms with Gasteiger partial charge in [-0.15, -0.1) is 12.4 Å². The van der Waals surface area contributed by atoms with E-state index < -0.39 is 12.5 Å². The van der Waals surface area contributed by atoms with Crippen LogP contribution in [0.3, 0.4) is 0 Å². The second-order valence-corrected chi connectivity index (χ2v) is 3.98. The van der Waals surface area contributed by atoms with Gasteiger partial charge in [0.1, 0.15) is 5.75 Å². The highest BCUT2D eigenvalue weighted by Crippen LogP contribution is 2.28. The third-order valence-electron chi connectivity index (χ3n) is 2.04. The number of hydrogen-bond donors (Lipinski definition) is 1. The van der Waals surface area contributed by atoms with E-state index in [1.807, 2.05) is 0 Å². The van der Waals surface area contributed by atoms with E-state index in [0.29, 0.717) is 15.8 Å². The maximum absolute atomic E-state index is 12.1. The summed E-state index contributed by atoms with van der Waals surface area (Å²) in [6.07, 6.45) is -2.72. The second kappa shape index (κ2) is 7.04. The third-order valence-corrected chi connectivity index (χ3v) is 2.66. The second-order valence-electron chi connectivity index (χ2n) is 3.13. The summed E-state index contributed by atoms with van der Waals surface area (Å²) in [6, 6.07) is 4.44. The quantitative estimate of drug-likeness (QED) is 0.922. The number of benzene rings is 1. The van der Waals surface area contributed by atoms with Crippen molar-refractivity contribution in [2.24, 2.45) is 5.73 Å². The minimum Gasteiger partial charge on any atom is -0.496 e. The molecule has 0 heterocycles. The molecule has 16 heavy (non-hydrogen) atoms. The van der Waals surface area contributed by atoms with Crippen molar-refractivity contribution in [3.05, 3.63) is 28.2 Å². The zero-order valence-corrected chi connectivity index (χ0v) is 11.0. The Kier molecular flexibility index (Phi) is 6.87. The lowest BCUT2D eigenvalue weighted by molar-refractivity contribution is 0.128. The fourth-order valence-corrected chi connectivity index (χ4v) is 1.80. The first-order valence-electron chi connectivity index (χ1n) is 4.41. The molecular weight excluding hydrogens is 303 g/mol. The number of nitrogens with two attached hydrogens (primary N) is 1. The lowest BCUT2D eigenvalue weighted by Crippen LogP contribution is -2.13. The van der Waals surface area contributed by atoms with Crippen molar-refractivity contribution < 1.29 is 13.5 Å². The van der Waals surface area contributed by atoms with E-state index in [2.05, 4.69) is 15.9 Å². The number of ether oxygens (including phenoxy) is 1. The van der Waals surface area contributed by atoms with Crippen LogP contribution in [0.1, 0.15) is 18.0 Å². The normalized spacial score (nSPS) is 12.1. The van der Waals surface area contributed by atoms with Crippen LogP contribution >= 0.6 is 28.3 Å². The predicted molar refractivity (Wildman–Crippen MR) is 65.5 cm³/mol. The maximum atomic E-state index is 12.1. The molecule has 0 amide bonds. The highest BCUT2D eigenvalue weighted by molar-refractivity contribution is 9.10. The van der Waals surface area contributed by atoms with E-state index in [1.165, 1.54) is 0 Å². The molecule has 1 aromatic rings. The number of rotatable bonds is 4. The van der Waals surface area contributed by atoms with E-state index >= 15 is 0 Å². The Morgan fingerprint density at radius 3 is 2.50 bits per heavy atom. The van der Waals surface area contributed by atoms with E-state index in [1.54, 1.807) is 25.3 Å². The molecule has 6 heteroatoms. The van der Waals surface area contributed by atoms with Crippen molar-refractivity contribution in [1.29, 1.82) is 0 Å². The summed E-state index contributed by atoms with van der Waals surface area (Å²) in [5, 5.41) is 0. The van der Waals surface area contributed by atoms with Crippen LogP contribution in [-0.4, -0.2) is 13.5 Å². The van der Waals surface area contributed by atoms with Crippen LogP contribution in [0.5, 0.6) is 5.75 Å². The Morgan fingerprint density at radius 1 is 1.44 bits per heavy atom. The van der Waals surface area contributed by atoms with E-state index in [9.17, 15) is 8.78 Å². The van der Waals surface area contributed by atoms with Gasteiger partial charge in [0.25, 0.3) is 0 Å². The number of halogens is 4. The summed E-state index contributed by atoms with van der Waals surface area (Å²) in [4.78, 5) is 0. The highest BCUT2D eigenvalue weighted by Gasteiger charge is 2.14. The maximum Gasteiger partial charge on any atom is 0.240 e. The summed E-state index contributed by atoms with van der Waals surface area (Å²) in [6.45, 7) is 0. The molecule has 1 aromatic carbocycles. The Labute approximate surface area is 108 Å². The molecule has 1 rings (SSSR count). The van der Waals surface area contributed by atoms with Crippen LogP contribution in [0.4, 0.5) is 8.78 Å². The van der Waals surface area contributed by atoms with Crippen molar-refractivity contribution in [1.82, 2.24) is 0 Å². The molecule has 2 N–H and O–H groups in total. The summed E-state index contributed by atoms with van der Waals surface area (Å²) in [5.74, 6) is 0.656. The van der Waals surface area contributed by atoms with Crippen molar-refractivity contribution in [2.45, 2.75) is 18.9 Å². The van der Waals surface area contributed by atoms with Gasteiger partial charge < -0.3 is 10.5 Å². The van der Waals surface area contributed by atoms with Crippen molar-refractivity contribution in [3.63, 3.8) is 0 Å². The first-order chi connectivity index (χ1) is 7.04. The average molecular weight is 317 g/mol. The highest BCUT2D eigenvalue weighted by atomic mass is 79.9. The van der Waals surface area contributed by atoms with Gasteiger partial charge in [0.15, 0.2) is 0 Å². The van der Waals surface area contributed by atoms with Crippen molar-refractivity contribution in [3.8, 4) is 5.75 Å². The molecule has 0 aliphatic heterocycles.